The largest absolute Gasteiger partial charge is 0.357 e. The molecule has 0 spiro atoms. The standard InChI is InChI=1S/C19H28N6S/c1-14(2)16-13-26-18(24-16)12-23-19(20-3)22-11-15-6-7-17(21-10-15)25-8-4-5-9-25/h6-7,10,13-14H,4-5,8-9,11-12H2,1-3H3,(H2,20,22,23). The fraction of sp³-hybridized carbons (Fsp3) is 0.526. The normalized spacial score (nSPS) is 14.9. The molecule has 0 radical (unpaired) electrons. The van der Waals surface area contributed by atoms with E-state index in [1.165, 1.54) is 12.8 Å². The van der Waals surface area contributed by atoms with Gasteiger partial charge in [-0.1, -0.05) is 19.9 Å². The Labute approximate surface area is 159 Å². The number of anilines is 1. The van der Waals surface area contributed by atoms with E-state index in [9.17, 15) is 0 Å². The molecule has 2 aromatic rings. The van der Waals surface area contributed by atoms with Gasteiger partial charge in [-0.3, -0.25) is 4.99 Å². The molecule has 3 heterocycles. The lowest BCUT2D eigenvalue weighted by Crippen LogP contribution is -2.36. The Morgan fingerprint density at radius 2 is 2.00 bits per heavy atom. The Morgan fingerprint density at radius 3 is 2.62 bits per heavy atom. The second kappa shape index (κ2) is 8.98. The maximum absolute atomic E-state index is 4.64. The second-order valence-electron chi connectivity index (χ2n) is 6.82. The van der Waals surface area contributed by atoms with Crippen molar-refractivity contribution >= 4 is 23.1 Å². The van der Waals surface area contributed by atoms with Crippen LogP contribution in [0.25, 0.3) is 0 Å². The van der Waals surface area contributed by atoms with E-state index in [4.69, 9.17) is 0 Å². The first kappa shape index (κ1) is 18.6. The molecule has 3 rings (SSSR count). The summed E-state index contributed by atoms with van der Waals surface area (Å²) in [5.41, 5.74) is 2.30. The summed E-state index contributed by atoms with van der Waals surface area (Å²) in [4.78, 5) is 15.9. The van der Waals surface area contributed by atoms with E-state index in [0.717, 1.165) is 41.1 Å². The molecule has 6 nitrogen and oxygen atoms in total. The van der Waals surface area contributed by atoms with Gasteiger partial charge in [-0.25, -0.2) is 9.97 Å². The van der Waals surface area contributed by atoms with Crippen molar-refractivity contribution in [1.29, 1.82) is 0 Å². The lowest BCUT2D eigenvalue weighted by Gasteiger charge is -2.16. The highest BCUT2D eigenvalue weighted by atomic mass is 32.1. The lowest BCUT2D eigenvalue weighted by molar-refractivity contribution is 0.783. The molecular weight excluding hydrogens is 344 g/mol. The number of aliphatic imine (C=N–C) groups is 1. The smallest absolute Gasteiger partial charge is 0.191 e. The quantitative estimate of drug-likeness (QED) is 0.602. The Kier molecular flexibility index (Phi) is 6.44. The Bertz CT molecular complexity index is 716. The van der Waals surface area contributed by atoms with Gasteiger partial charge in [-0.05, 0) is 30.4 Å². The van der Waals surface area contributed by atoms with E-state index < -0.39 is 0 Å². The molecule has 0 aromatic carbocycles. The van der Waals surface area contributed by atoms with Gasteiger partial charge in [0.25, 0.3) is 0 Å². The number of rotatable bonds is 6. The van der Waals surface area contributed by atoms with Crippen molar-refractivity contribution in [3.63, 3.8) is 0 Å². The molecule has 0 atom stereocenters. The van der Waals surface area contributed by atoms with Crippen LogP contribution in [0, 0.1) is 0 Å². The summed E-state index contributed by atoms with van der Waals surface area (Å²) < 4.78 is 0. The molecule has 1 aliphatic heterocycles. The third kappa shape index (κ3) is 4.94. The predicted molar refractivity (Wildman–Crippen MR) is 109 cm³/mol. The monoisotopic (exact) mass is 372 g/mol. The number of hydrogen-bond donors (Lipinski definition) is 2. The summed E-state index contributed by atoms with van der Waals surface area (Å²) in [5, 5.41) is 9.87. The van der Waals surface area contributed by atoms with Crippen LogP contribution >= 0.6 is 11.3 Å². The molecule has 0 bridgehead atoms. The lowest BCUT2D eigenvalue weighted by atomic mass is 10.2. The molecule has 2 N–H and O–H groups in total. The third-order valence-electron chi connectivity index (χ3n) is 4.49. The number of aromatic nitrogens is 2. The third-order valence-corrected chi connectivity index (χ3v) is 5.36. The van der Waals surface area contributed by atoms with Gasteiger partial charge in [-0.2, -0.15) is 0 Å². The van der Waals surface area contributed by atoms with Crippen molar-refractivity contribution in [1.82, 2.24) is 20.6 Å². The van der Waals surface area contributed by atoms with Crippen molar-refractivity contribution in [2.45, 2.75) is 45.7 Å². The number of thiazole rings is 1. The van der Waals surface area contributed by atoms with Crippen LogP contribution in [0.1, 0.15) is 48.9 Å². The van der Waals surface area contributed by atoms with Crippen molar-refractivity contribution in [2.24, 2.45) is 4.99 Å². The molecule has 0 aliphatic carbocycles. The van der Waals surface area contributed by atoms with Crippen molar-refractivity contribution in [3.8, 4) is 0 Å². The summed E-state index contributed by atoms with van der Waals surface area (Å²) in [6.45, 7) is 7.95. The van der Waals surface area contributed by atoms with Crippen molar-refractivity contribution in [3.05, 3.63) is 40.0 Å². The number of hydrogen-bond acceptors (Lipinski definition) is 5. The number of nitrogens with one attached hydrogen (secondary N) is 2. The zero-order valence-corrected chi connectivity index (χ0v) is 16.6. The zero-order valence-electron chi connectivity index (χ0n) is 15.8. The molecule has 2 aromatic heterocycles. The van der Waals surface area contributed by atoms with E-state index in [1.807, 2.05) is 6.20 Å². The molecule has 0 saturated carbocycles. The summed E-state index contributed by atoms with van der Waals surface area (Å²) in [6.07, 6.45) is 4.49. The van der Waals surface area contributed by atoms with Gasteiger partial charge >= 0.3 is 0 Å². The highest BCUT2D eigenvalue weighted by molar-refractivity contribution is 7.09. The molecule has 0 unspecified atom stereocenters. The van der Waals surface area contributed by atoms with Crippen LogP contribution in [0.3, 0.4) is 0 Å². The minimum absolute atomic E-state index is 0.466. The zero-order chi connectivity index (χ0) is 18.4. The Balaban J connectivity index is 1.47. The average molecular weight is 373 g/mol. The van der Waals surface area contributed by atoms with E-state index >= 15 is 0 Å². The van der Waals surface area contributed by atoms with Gasteiger partial charge in [0, 0.05) is 38.3 Å². The molecule has 0 amide bonds. The molecule has 1 fully saturated rings. The van der Waals surface area contributed by atoms with Crippen LogP contribution < -0.4 is 15.5 Å². The Hall–Kier alpha value is -2.15. The summed E-state index contributed by atoms with van der Waals surface area (Å²) in [6, 6.07) is 4.25. The maximum atomic E-state index is 4.64. The Morgan fingerprint density at radius 1 is 1.23 bits per heavy atom. The van der Waals surface area contributed by atoms with Crippen LogP contribution in [0.15, 0.2) is 28.7 Å². The van der Waals surface area contributed by atoms with Gasteiger partial charge in [0.05, 0.1) is 12.2 Å². The average Bonchev–Trinajstić information content (AvgIpc) is 3.34. The van der Waals surface area contributed by atoms with E-state index in [-0.39, 0.29) is 0 Å². The van der Waals surface area contributed by atoms with Gasteiger partial charge < -0.3 is 15.5 Å². The van der Waals surface area contributed by atoms with Crippen LogP contribution in [0.5, 0.6) is 0 Å². The van der Waals surface area contributed by atoms with Gasteiger partial charge in [0.1, 0.15) is 10.8 Å². The highest BCUT2D eigenvalue weighted by Gasteiger charge is 2.13. The SMILES string of the molecule is CN=C(NCc1ccc(N2CCCC2)nc1)NCc1nc(C(C)C)cs1. The number of guanidine groups is 1. The van der Waals surface area contributed by atoms with E-state index in [1.54, 1.807) is 18.4 Å². The summed E-state index contributed by atoms with van der Waals surface area (Å²) in [5.74, 6) is 2.32. The van der Waals surface area contributed by atoms with Gasteiger partial charge in [-0.15, -0.1) is 11.3 Å². The predicted octanol–water partition coefficient (Wildman–Crippen LogP) is 3.13. The minimum Gasteiger partial charge on any atom is -0.357 e. The molecule has 140 valence electrons. The van der Waals surface area contributed by atoms with E-state index in [0.29, 0.717) is 19.0 Å². The number of pyridine rings is 1. The van der Waals surface area contributed by atoms with Crippen LogP contribution in [-0.2, 0) is 13.1 Å². The van der Waals surface area contributed by atoms with Crippen LogP contribution in [0.4, 0.5) is 5.82 Å². The molecular formula is C19H28N6S. The van der Waals surface area contributed by atoms with Crippen molar-refractivity contribution < 1.29 is 0 Å². The molecule has 7 heteroatoms. The molecule has 1 aliphatic rings. The second-order valence-corrected chi connectivity index (χ2v) is 7.76. The molecule has 26 heavy (non-hydrogen) atoms. The first-order valence-electron chi connectivity index (χ1n) is 9.24. The summed E-state index contributed by atoms with van der Waals surface area (Å²) >= 11 is 1.69. The van der Waals surface area contributed by atoms with E-state index in [2.05, 4.69) is 61.9 Å². The van der Waals surface area contributed by atoms with Gasteiger partial charge in [0.2, 0.25) is 0 Å². The summed E-state index contributed by atoms with van der Waals surface area (Å²) in [7, 11) is 1.78. The first-order valence-corrected chi connectivity index (χ1v) is 10.1. The topological polar surface area (TPSA) is 65.4 Å². The van der Waals surface area contributed by atoms with Crippen LogP contribution in [0.2, 0.25) is 0 Å². The van der Waals surface area contributed by atoms with Crippen LogP contribution in [-0.4, -0.2) is 36.1 Å². The highest BCUT2D eigenvalue weighted by Crippen LogP contribution is 2.18. The first-order chi connectivity index (χ1) is 12.7. The minimum atomic E-state index is 0.466. The van der Waals surface area contributed by atoms with Crippen molar-refractivity contribution in [2.75, 3.05) is 25.0 Å². The number of nitrogens with zero attached hydrogens (tertiary/aromatic N) is 4. The molecule has 1 saturated heterocycles. The fourth-order valence-electron chi connectivity index (χ4n) is 2.89. The fourth-order valence-corrected chi connectivity index (χ4v) is 3.79. The van der Waals surface area contributed by atoms with Gasteiger partial charge in [0.15, 0.2) is 5.96 Å². The maximum Gasteiger partial charge on any atom is 0.191 e.